The third kappa shape index (κ3) is 4.40. The van der Waals surface area contributed by atoms with Crippen molar-refractivity contribution < 1.29 is 9.18 Å². The summed E-state index contributed by atoms with van der Waals surface area (Å²) in [5, 5.41) is 3.55. The van der Waals surface area contributed by atoms with Gasteiger partial charge in [-0.3, -0.25) is 5.32 Å². The van der Waals surface area contributed by atoms with E-state index >= 15 is 0 Å². The van der Waals surface area contributed by atoms with Crippen molar-refractivity contribution in [2.75, 3.05) is 16.4 Å². The molecule has 0 aliphatic heterocycles. The number of aryl methyl sites for hydroxylation is 1. The summed E-state index contributed by atoms with van der Waals surface area (Å²) < 4.78 is 14.0. The fourth-order valence-electron chi connectivity index (χ4n) is 1.81. The smallest absolute Gasteiger partial charge is 0.324 e. The van der Waals surface area contributed by atoms with Crippen LogP contribution in [-0.2, 0) is 5.41 Å². The van der Waals surface area contributed by atoms with Gasteiger partial charge in [-0.05, 0) is 43.7 Å². The fraction of sp³-hybridized carbons (Fsp3) is 0.200. The number of rotatable bonds is 3. The quantitative estimate of drug-likeness (QED) is 0.755. The molecule has 1 aromatic heterocycles. The van der Waals surface area contributed by atoms with Gasteiger partial charge < -0.3 is 11.1 Å². The van der Waals surface area contributed by atoms with Crippen molar-refractivity contribution in [1.82, 2.24) is 4.98 Å². The Bertz CT molecular complexity index is 683. The lowest BCUT2D eigenvalue weighted by Gasteiger charge is -2.16. The number of carbonyl (C=O) groups excluding carboxylic acids is 1. The zero-order valence-electron chi connectivity index (χ0n) is 12.4. The molecule has 0 fully saturated rings. The minimum Gasteiger partial charge on any atom is -0.384 e. The van der Waals surface area contributed by atoms with Gasteiger partial charge in [-0.15, -0.1) is 0 Å². The largest absolute Gasteiger partial charge is 0.384 e. The Balaban J connectivity index is 2.11. The number of carbonyl (C=O) groups is 1. The molecule has 7 heteroatoms. The zero-order valence-corrected chi connectivity index (χ0v) is 13.5. The van der Waals surface area contributed by atoms with Gasteiger partial charge in [-0.25, -0.2) is 14.2 Å². The summed E-state index contributed by atoms with van der Waals surface area (Å²) in [4.78, 5) is 15.9. The molecule has 0 aliphatic carbocycles. The van der Waals surface area contributed by atoms with Crippen molar-refractivity contribution in [2.24, 2.45) is 0 Å². The van der Waals surface area contributed by atoms with Crippen LogP contribution in [0.2, 0.25) is 0 Å². The monoisotopic (exact) mass is 320 g/mol. The average molecular weight is 320 g/mol. The number of nitrogen functional groups attached to an aromatic ring is 1. The minimum atomic E-state index is -1.65. The van der Waals surface area contributed by atoms with E-state index in [0.29, 0.717) is 11.3 Å². The Morgan fingerprint density at radius 2 is 1.91 bits per heavy atom. The Morgan fingerprint density at radius 1 is 1.27 bits per heavy atom. The summed E-state index contributed by atoms with van der Waals surface area (Å²) in [5.74, 6) is 0.320. The maximum atomic E-state index is 14.0. The molecule has 0 spiro atoms. The Kier molecular flexibility index (Phi) is 4.62. The van der Waals surface area contributed by atoms with E-state index in [9.17, 15) is 9.18 Å². The molecular formula is C15H18FN4OP. The van der Waals surface area contributed by atoms with Gasteiger partial charge in [-0.2, -0.15) is 0 Å². The average Bonchev–Trinajstić information content (AvgIpc) is 2.39. The number of aromatic nitrogens is 1. The molecule has 1 aromatic carbocycles. The molecule has 4 N–H and O–H groups in total. The van der Waals surface area contributed by atoms with E-state index in [0.717, 1.165) is 5.56 Å². The predicted octanol–water partition coefficient (Wildman–Crippen LogP) is 3.63. The Morgan fingerprint density at radius 3 is 2.50 bits per heavy atom. The van der Waals surface area contributed by atoms with Gasteiger partial charge in [0, 0.05) is 5.69 Å². The summed E-state index contributed by atoms with van der Waals surface area (Å²) in [5.41, 5.74) is 7.70. The molecule has 2 unspecified atom stereocenters. The Labute approximate surface area is 130 Å². The van der Waals surface area contributed by atoms with Gasteiger partial charge in [0.05, 0.1) is 0 Å². The number of anilines is 3. The molecule has 116 valence electrons. The number of nitrogens with two attached hydrogens (primary N) is 1. The molecule has 0 saturated carbocycles. The molecule has 2 atom stereocenters. The van der Waals surface area contributed by atoms with Crippen LogP contribution < -0.4 is 16.4 Å². The first-order valence-electron chi connectivity index (χ1n) is 6.64. The van der Waals surface area contributed by atoms with Crippen LogP contribution in [0, 0.1) is 6.92 Å². The number of pyridine rings is 1. The van der Waals surface area contributed by atoms with E-state index in [4.69, 9.17) is 5.73 Å². The number of hydrogen-bond acceptors (Lipinski definition) is 3. The number of alkyl halides is 1. The second-order valence-corrected chi connectivity index (χ2v) is 6.27. The summed E-state index contributed by atoms with van der Waals surface area (Å²) in [6.45, 7) is 3.33. The second kappa shape index (κ2) is 6.28. The first-order chi connectivity index (χ1) is 10.2. The molecule has 5 nitrogen and oxygen atoms in total. The van der Waals surface area contributed by atoms with E-state index in [2.05, 4.69) is 24.9 Å². The van der Waals surface area contributed by atoms with Crippen molar-refractivity contribution in [3.05, 3.63) is 47.5 Å². The first kappa shape index (κ1) is 16.2. The molecule has 2 rings (SSSR count). The van der Waals surface area contributed by atoms with E-state index in [1.54, 1.807) is 12.1 Å². The van der Waals surface area contributed by atoms with Crippen molar-refractivity contribution in [3.63, 3.8) is 0 Å². The van der Waals surface area contributed by atoms with Crippen LogP contribution in [0.5, 0.6) is 0 Å². The highest BCUT2D eigenvalue weighted by Gasteiger charge is 2.20. The lowest BCUT2D eigenvalue weighted by molar-refractivity contribution is 0.262. The molecular weight excluding hydrogens is 302 g/mol. The molecule has 22 heavy (non-hydrogen) atoms. The molecule has 0 saturated heterocycles. The summed E-state index contributed by atoms with van der Waals surface area (Å²) in [7, 11) is 2.08. The molecule has 1 heterocycles. The highest BCUT2D eigenvalue weighted by Crippen LogP contribution is 2.34. The van der Waals surface area contributed by atoms with Gasteiger partial charge in [0.15, 0.2) is 0 Å². The van der Waals surface area contributed by atoms with Gasteiger partial charge in [0.2, 0.25) is 0 Å². The SMILES string of the molecule is Cc1ccc(NC(=O)Nc2cc(C(C)(F)P)cc(N)n2)cc1. The highest BCUT2D eigenvalue weighted by molar-refractivity contribution is 7.18. The van der Waals surface area contributed by atoms with Crippen molar-refractivity contribution in [1.29, 1.82) is 0 Å². The standard InChI is InChI=1S/C15H18FN4OP/c1-9-3-5-11(6-4-9)18-14(21)20-13-8-10(15(2,16)22)7-12(17)19-13/h3-8H,22H2,1-2H3,(H4,17,18,19,20,21). The topological polar surface area (TPSA) is 80.0 Å². The summed E-state index contributed by atoms with van der Waals surface area (Å²) in [6.07, 6.45) is 0. The van der Waals surface area contributed by atoms with Crippen LogP contribution in [0.25, 0.3) is 0 Å². The normalized spacial score (nSPS) is 13.3. The van der Waals surface area contributed by atoms with E-state index in [1.165, 1.54) is 19.1 Å². The molecule has 2 aromatic rings. The third-order valence-corrected chi connectivity index (χ3v) is 3.29. The second-order valence-electron chi connectivity index (χ2n) is 5.19. The summed E-state index contributed by atoms with van der Waals surface area (Å²) in [6, 6.07) is 9.74. The predicted molar refractivity (Wildman–Crippen MR) is 90.6 cm³/mol. The van der Waals surface area contributed by atoms with Crippen molar-refractivity contribution in [2.45, 2.75) is 19.3 Å². The lowest BCUT2D eigenvalue weighted by atomic mass is 10.1. The highest BCUT2D eigenvalue weighted by atomic mass is 31.0. The van der Waals surface area contributed by atoms with E-state index < -0.39 is 11.4 Å². The fourth-order valence-corrected chi connectivity index (χ4v) is 1.98. The third-order valence-electron chi connectivity index (χ3n) is 2.96. The number of halogens is 1. The number of benzene rings is 1. The summed E-state index contributed by atoms with van der Waals surface area (Å²) >= 11 is 0. The van der Waals surface area contributed by atoms with Crippen LogP contribution in [0.15, 0.2) is 36.4 Å². The number of nitrogens with one attached hydrogen (secondary N) is 2. The van der Waals surface area contributed by atoms with Crippen molar-refractivity contribution in [3.8, 4) is 0 Å². The maximum Gasteiger partial charge on any atom is 0.324 e. The lowest BCUT2D eigenvalue weighted by Crippen LogP contribution is -2.21. The van der Waals surface area contributed by atoms with Crippen LogP contribution in [-0.4, -0.2) is 11.0 Å². The maximum absolute atomic E-state index is 14.0. The minimum absolute atomic E-state index is 0.134. The number of amides is 2. The van der Waals surface area contributed by atoms with Gasteiger partial charge in [0.1, 0.15) is 17.0 Å². The first-order valence-corrected chi connectivity index (χ1v) is 7.22. The molecule has 0 radical (unpaired) electrons. The van der Waals surface area contributed by atoms with Gasteiger partial charge in [-0.1, -0.05) is 26.9 Å². The van der Waals surface area contributed by atoms with Crippen LogP contribution in [0.1, 0.15) is 18.1 Å². The molecule has 2 amide bonds. The Hall–Kier alpha value is -2.20. The van der Waals surface area contributed by atoms with E-state index in [-0.39, 0.29) is 11.6 Å². The van der Waals surface area contributed by atoms with Gasteiger partial charge in [0.25, 0.3) is 0 Å². The zero-order chi connectivity index (χ0) is 16.3. The van der Waals surface area contributed by atoms with Crippen LogP contribution in [0.4, 0.5) is 26.5 Å². The number of nitrogens with zero attached hydrogens (tertiary/aromatic N) is 1. The number of hydrogen-bond donors (Lipinski definition) is 3. The van der Waals surface area contributed by atoms with Crippen LogP contribution in [0.3, 0.4) is 0 Å². The molecule has 0 bridgehead atoms. The van der Waals surface area contributed by atoms with Crippen molar-refractivity contribution >= 4 is 32.6 Å². The van der Waals surface area contributed by atoms with Crippen LogP contribution >= 0.6 is 9.24 Å². The molecule has 0 aliphatic rings. The van der Waals surface area contributed by atoms with E-state index in [1.807, 2.05) is 19.1 Å². The van der Waals surface area contributed by atoms with Gasteiger partial charge >= 0.3 is 6.03 Å². The number of urea groups is 1.